The Morgan fingerprint density at radius 3 is 2.65 bits per heavy atom. The van der Waals surface area contributed by atoms with Crippen LogP contribution in [0.5, 0.6) is 0 Å². The topological polar surface area (TPSA) is 99.3 Å². The van der Waals surface area contributed by atoms with Gasteiger partial charge >= 0.3 is 5.97 Å². The summed E-state index contributed by atoms with van der Waals surface area (Å²) in [6.45, 7) is 4.24. The molecule has 0 radical (unpaired) electrons. The summed E-state index contributed by atoms with van der Waals surface area (Å²) in [6.07, 6.45) is 3.50. The van der Waals surface area contributed by atoms with Gasteiger partial charge in [-0.1, -0.05) is 13.8 Å². The molecule has 3 N–H and O–H groups in total. The summed E-state index contributed by atoms with van der Waals surface area (Å²) in [5.74, 6) is -1.16. The van der Waals surface area contributed by atoms with Gasteiger partial charge in [-0.3, -0.25) is 14.4 Å². The fourth-order valence-electron chi connectivity index (χ4n) is 2.08. The standard InChI is InChI=1S/C14H20N2O4/c1-9(2)5-10(6-13(18)19)7-16-14(20)11-8-15-4-3-12(11)17/h3-4,8-10H,5-7H2,1-2H3,(H,15,17)(H,16,20)(H,18,19). The van der Waals surface area contributed by atoms with Crippen LogP contribution in [0.2, 0.25) is 0 Å². The molecule has 6 heteroatoms. The third-order valence-corrected chi connectivity index (χ3v) is 2.89. The first kappa shape index (κ1) is 15.9. The van der Waals surface area contributed by atoms with E-state index in [0.717, 1.165) is 0 Å². The lowest BCUT2D eigenvalue weighted by Crippen LogP contribution is -2.33. The summed E-state index contributed by atoms with van der Waals surface area (Å²) in [4.78, 5) is 36.8. The fraction of sp³-hybridized carbons (Fsp3) is 0.500. The van der Waals surface area contributed by atoms with Gasteiger partial charge in [0, 0.05) is 31.4 Å². The average molecular weight is 280 g/mol. The molecule has 6 nitrogen and oxygen atoms in total. The molecule has 110 valence electrons. The summed E-state index contributed by atoms with van der Waals surface area (Å²) in [5.41, 5.74) is -0.328. The molecule has 1 heterocycles. The molecule has 0 saturated heterocycles. The molecule has 20 heavy (non-hydrogen) atoms. The largest absolute Gasteiger partial charge is 0.481 e. The zero-order valence-electron chi connectivity index (χ0n) is 11.7. The first-order chi connectivity index (χ1) is 9.40. The number of carboxylic acid groups (broad SMARTS) is 1. The maximum Gasteiger partial charge on any atom is 0.303 e. The number of nitrogens with one attached hydrogen (secondary N) is 2. The highest BCUT2D eigenvalue weighted by atomic mass is 16.4. The van der Waals surface area contributed by atoms with Crippen molar-refractivity contribution in [1.29, 1.82) is 0 Å². The summed E-state index contributed by atoms with van der Waals surface area (Å²) < 4.78 is 0. The quantitative estimate of drug-likeness (QED) is 0.699. The van der Waals surface area contributed by atoms with Crippen LogP contribution in [0.3, 0.4) is 0 Å². The average Bonchev–Trinajstić information content (AvgIpc) is 2.34. The number of aliphatic carboxylic acids is 1. The van der Waals surface area contributed by atoms with E-state index in [1.54, 1.807) is 0 Å². The number of pyridine rings is 1. The van der Waals surface area contributed by atoms with E-state index in [-0.39, 0.29) is 29.9 Å². The van der Waals surface area contributed by atoms with E-state index >= 15 is 0 Å². The Kier molecular flexibility index (Phi) is 5.96. The second-order valence-corrected chi connectivity index (χ2v) is 5.23. The van der Waals surface area contributed by atoms with Crippen molar-refractivity contribution in [3.05, 3.63) is 34.2 Å². The number of H-pyrrole nitrogens is 1. The Morgan fingerprint density at radius 2 is 2.10 bits per heavy atom. The summed E-state index contributed by atoms with van der Waals surface area (Å²) in [6, 6.07) is 1.28. The van der Waals surface area contributed by atoms with Gasteiger partial charge in [0.25, 0.3) is 5.91 Å². The van der Waals surface area contributed by atoms with Crippen LogP contribution in [0.1, 0.15) is 37.0 Å². The molecule has 1 amide bonds. The van der Waals surface area contributed by atoms with Crippen molar-refractivity contribution in [1.82, 2.24) is 10.3 Å². The fourth-order valence-corrected chi connectivity index (χ4v) is 2.08. The third-order valence-electron chi connectivity index (χ3n) is 2.89. The molecule has 0 saturated carbocycles. The smallest absolute Gasteiger partial charge is 0.303 e. The van der Waals surface area contributed by atoms with Crippen LogP contribution in [-0.4, -0.2) is 28.5 Å². The minimum atomic E-state index is -0.887. The van der Waals surface area contributed by atoms with E-state index in [1.807, 2.05) is 13.8 Å². The molecule has 1 atom stereocenters. The second-order valence-electron chi connectivity index (χ2n) is 5.23. The number of hydrogen-bond acceptors (Lipinski definition) is 3. The second kappa shape index (κ2) is 7.47. The number of carbonyl (C=O) groups excluding carboxylic acids is 1. The van der Waals surface area contributed by atoms with Gasteiger partial charge in [-0.2, -0.15) is 0 Å². The maximum atomic E-state index is 11.9. The molecule has 0 aromatic carbocycles. The SMILES string of the molecule is CC(C)CC(CNC(=O)c1c[nH]ccc1=O)CC(=O)O. The van der Waals surface area contributed by atoms with E-state index < -0.39 is 11.9 Å². The van der Waals surface area contributed by atoms with Gasteiger partial charge < -0.3 is 15.4 Å². The van der Waals surface area contributed by atoms with Crippen LogP contribution < -0.4 is 10.7 Å². The Balaban J connectivity index is 2.62. The van der Waals surface area contributed by atoms with Crippen molar-refractivity contribution in [3.63, 3.8) is 0 Å². The third kappa shape index (κ3) is 5.26. The van der Waals surface area contributed by atoms with Gasteiger partial charge in [0.1, 0.15) is 5.56 Å². The highest BCUT2D eigenvalue weighted by Gasteiger charge is 2.17. The highest BCUT2D eigenvalue weighted by molar-refractivity contribution is 5.93. The van der Waals surface area contributed by atoms with Gasteiger partial charge in [0.15, 0.2) is 5.43 Å². The van der Waals surface area contributed by atoms with Crippen LogP contribution in [0.15, 0.2) is 23.3 Å². The molecule has 0 spiro atoms. The molecule has 1 aromatic rings. The molecule has 0 aliphatic heterocycles. The van der Waals surface area contributed by atoms with Crippen LogP contribution >= 0.6 is 0 Å². The van der Waals surface area contributed by atoms with Gasteiger partial charge in [-0.15, -0.1) is 0 Å². The molecule has 1 aromatic heterocycles. The number of carbonyl (C=O) groups is 2. The monoisotopic (exact) mass is 280 g/mol. The van der Waals surface area contributed by atoms with Crippen molar-refractivity contribution >= 4 is 11.9 Å². The number of aromatic amines is 1. The van der Waals surface area contributed by atoms with Crippen molar-refractivity contribution in [2.45, 2.75) is 26.7 Å². The maximum absolute atomic E-state index is 11.9. The minimum absolute atomic E-state index is 0.00358. The van der Waals surface area contributed by atoms with Gasteiger partial charge in [-0.25, -0.2) is 0 Å². The van der Waals surface area contributed by atoms with E-state index in [1.165, 1.54) is 18.5 Å². The molecular weight excluding hydrogens is 260 g/mol. The lowest BCUT2D eigenvalue weighted by molar-refractivity contribution is -0.138. The first-order valence-electron chi connectivity index (χ1n) is 6.57. The van der Waals surface area contributed by atoms with E-state index in [0.29, 0.717) is 12.3 Å². The van der Waals surface area contributed by atoms with Crippen LogP contribution in [0, 0.1) is 11.8 Å². The van der Waals surface area contributed by atoms with Crippen molar-refractivity contribution in [3.8, 4) is 0 Å². The minimum Gasteiger partial charge on any atom is -0.481 e. The normalized spacial score (nSPS) is 12.2. The summed E-state index contributed by atoms with van der Waals surface area (Å²) >= 11 is 0. The number of amides is 1. The zero-order valence-corrected chi connectivity index (χ0v) is 11.7. The number of carboxylic acids is 1. The Labute approximate surface area is 117 Å². The van der Waals surface area contributed by atoms with Crippen molar-refractivity contribution < 1.29 is 14.7 Å². The predicted octanol–water partition coefficient (Wildman–Crippen LogP) is 1.24. The molecule has 0 bridgehead atoms. The lowest BCUT2D eigenvalue weighted by atomic mass is 9.94. The van der Waals surface area contributed by atoms with Crippen molar-refractivity contribution in [2.75, 3.05) is 6.54 Å². The first-order valence-corrected chi connectivity index (χ1v) is 6.57. The van der Waals surface area contributed by atoms with Gasteiger partial charge in [-0.05, 0) is 18.3 Å². The number of hydrogen-bond donors (Lipinski definition) is 3. The van der Waals surface area contributed by atoms with Crippen LogP contribution in [0.25, 0.3) is 0 Å². The Hall–Kier alpha value is -2.11. The van der Waals surface area contributed by atoms with Crippen LogP contribution in [0.4, 0.5) is 0 Å². The molecule has 0 aliphatic carbocycles. The van der Waals surface area contributed by atoms with Gasteiger partial charge in [0.2, 0.25) is 0 Å². The molecule has 0 aliphatic rings. The van der Waals surface area contributed by atoms with E-state index in [4.69, 9.17) is 5.11 Å². The Bertz CT molecular complexity index is 522. The highest BCUT2D eigenvalue weighted by Crippen LogP contribution is 2.14. The summed E-state index contributed by atoms with van der Waals surface area (Å²) in [7, 11) is 0. The zero-order chi connectivity index (χ0) is 15.1. The van der Waals surface area contributed by atoms with Crippen molar-refractivity contribution in [2.24, 2.45) is 11.8 Å². The van der Waals surface area contributed by atoms with E-state index in [9.17, 15) is 14.4 Å². The van der Waals surface area contributed by atoms with Crippen LogP contribution in [-0.2, 0) is 4.79 Å². The number of aromatic nitrogens is 1. The van der Waals surface area contributed by atoms with E-state index in [2.05, 4.69) is 10.3 Å². The molecule has 0 fully saturated rings. The molecule has 1 rings (SSSR count). The lowest BCUT2D eigenvalue weighted by Gasteiger charge is -2.17. The molecule has 1 unspecified atom stereocenters. The molecular formula is C14H20N2O4. The number of rotatable bonds is 7. The Morgan fingerprint density at radius 1 is 1.40 bits per heavy atom. The predicted molar refractivity (Wildman–Crippen MR) is 74.6 cm³/mol. The van der Waals surface area contributed by atoms with Gasteiger partial charge in [0.05, 0.1) is 0 Å². The summed E-state index contributed by atoms with van der Waals surface area (Å²) in [5, 5.41) is 11.5.